The van der Waals surface area contributed by atoms with Crippen LogP contribution in [0.4, 0.5) is 0 Å². The van der Waals surface area contributed by atoms with E-state index in [1.165, 1.54) is 20.4 Å². The highest BCUT2D eigenvalue weighted by atomic mass is 32.2. The monoisotopic (exact) mass is 554 g/mol. The molecule has 0 bridgehead atoms. The zero-order chi connectivity index (χ0) is 27.9. The van der Waals surface area contributed by atoms with Crippen molar-refractivity contribution in [3.05, 3.63) is 48.3 Å². The number of rotatable bonds is 9. The molecular weight excluding hydrogens is 524 g/mol. The molecule has 3 aromatic heterocycles. The van der Waals surface area contributed by atoms with Crippen LogP contribution in [0.25, 0.3) is 28.5 Å². The standard InChI is InChI=1S/C26H30N6O6S/c1-5-38-20-11-6-8-16(29-20)24-31-23-25(32(24)21-18(36-3)9-7-10-19(21)37-4)30-17(14-28-23)22(39(27,34)35)15-12-26(2,33)13-15/h6-11,14-15,22,33H,5,12-13H2,1-4H3,(H2,27,34,35). The van der Waals surface area contributed by atoms with Gasteiger partial charge in [0.2, 0.25) is 15.9 Å². The molecule has 206 valence electrons. The summed E-state index contributed by atoms with van der Waals surface area (Å²) in [5.41, 5.74) is 0.653. The number of aromatic nitrogens is 5. The highest BCUT2D eigenvalue weighted by Crippen LogP contribution is 2.47. The number of imidazole rings is 1. The molecule has 39 heavy (non-hydrogen) atoms. The smallest absolute Gasteiger partial charge is 0.218 e. The van der Waals surface area contributed by atoms with Gasteiger partial charge in [0.25, 0.3) is 0 Å². The molecule has 1 unspecified atom stereocenters. The van der Waals surface area contributed by atoms with Crippen molar-refractivity contribution in [1.29, 1.82) is 0 Å². The van der Waals surface area contributed by atoms with Gasteiger partial charge < -0.3 is 19.3 Å². The summed E-state index contributed by atoms with van der Waals surface area (Å²) in [5.74, 6) is 1.28. The molecule has 1 saturated carbocycles. The van der Waals surface area contributed by atoms with E-state index in [4.69, 9.17) is 29.3 Å². The summed E-state index contributed by atoms with van der Waals surface area (Å²) < 4.78 is 44.1. The van der Waals surface area contributed by atoms with Crippen LogP contribution in [0.5, 0.6) is 17.4 Å². The summed E-state index contributed by atoms with van der Waals surface area (Å²) in [7, 11) is -1.02. The quantitative estimate of drug-likeness (QED) is 0.314. The van der Waals surface area contributed by atoms with E-state index in [0.29, 0.717) is 41.2 Å². The Bertz CT molecular complexity index is 1610. The fourth-order valence-electron chi connectivity index (χ4n) is 5.17. The van der Waals surface area contributed by atoms with Gasteiger partial charge in [0.1, 0.15) is 28.1 Å². The van der Waals surface area contributed by atoms with Crippen molar-refractivity contribution in [1.82, 2.24) is 24.5 Å². The first-order chi connectivity index (χ1) is 18.6. The summed E-state index contributed by atoms with van der Waals surface area (Å²) in [6, 6.07) is 10.6. The van der Waals surface area contributed by atoms with E-state index < -0.39 is 26.8 Å². The molecule has 5 rings (SSSR count). The van der Waals surface area contributed by atoms with Crippen LogP contribution >= 0.6 is 0 Å². The predicted octanol–water partition coefficient (Wildman–Crippen LogP) is 2.78. The van der Waals surface area contributed by atoms with Gasteiger partial charge in [-0.2, -0.15) is 0 Å². The molecular formula is C26H30N6O6S. The predicted molar refractivity (Wildman–Crippen MR) is 143 cm³/mol. The number of nitrogens with zero attached hydrogens (tertiary/aromatic N) is 5. The molecule has 3 heterocycles. The number of hydrogen-bond donors (Lipinski definition) is 2. The molecule has 0 aliphatic heterocycles. The highest BCUT2D eigenvalue weighted by Gasteiger charge is 2.47. The van der Waals surface area contributed by atoms with E-state index in [1.54, 1.807) is 47.9 Å². The maximum Gasteiger partial charge on any atom is 0.218 e. The van der Waals surface area contributed by atoms with Gasteiger partial charge in [-0.15, -0.1) is 0 Å². The van der Waals surface area contributed by atoms with Crippen molar-refractivity contribution >= 4 is 21.3 Å². The Balaban J connectivity index is 1.79. The molecule has 1 aliphatic rings. The first-order valence-electron chi connectivity index (χ1n) is 12.4. The van der Waals surface area contributed by atoms with E-state index in [0.717, 1.165) is 0 Å². The summed E-state index contributed by atoms with van der Waals surface area (Å²) in [4.78, 5) is 18.5. The molecule has 0 amide bonds. The van der Waals surface area contributed by atoms with E-state index >= 15 is 0 Å². The van der Waals surface area contributed by atoms with Crippen LogP contribution in [0.2, 0.25) is 0 Å². The molecule has 1 fully saturated rings. The van der Waals surface area contributed by atoms with E-state index in [2.05, 4.69) is 9.97 Å². The number of hydrogen-bond acceptors (Lipinski definition) is 10. The zero-order valence-corrected chi connectivity index (χ0v) is 22.8. The molecule has 1 aromatic carbocycles. The van der Waals surface area contributed by atoms with Crippen LogP contribution in [-0.2, 0) is 10.0 Å². The number of sulfonamides is 1. The van der Waals surface area contributed by atoms with Gasteiger partial charge in [-0.25, -0.2) is 33.5 Å². The second kappa shape index (κ2) is 10.1. The van der Waals surface area contributed by atoms with E-state index in [-0.39, 0.29) is 29.8 Å². The minimum Gasteiger partial charge on any atom is -0.494 e. The number of benzene rings is 1. The fraction of sp³-hybridized carbons (Fsp3) is 0.385. The third-order valence-corrected chi connectivity index (χ3v) is 8.07. The lowest BCUT2D eigenvalue weighted by Gasteiger charge is -2.43. The van der Waals surface area contributed by atoms with E-state index in [1.807, 2.05) is 6.92 Å². The second-order valence-corrected chi connectivity index (χ2v) is 11.4. The molecule has 12 nitrogen and oxygen atoms in total. The van der Waals surface area contributed by atoms with Crippen molar-refractivity contribution in [3.8, 4) is 34.6 Å². The van der Waals surface area contributed by atoms with Crippen LogP contribution in [0.15, 0.2) is 42.6 Å². The Morgan fingerprint density at radius 1 is 1.10 bits per heavy atom. The van der Waals surface area contributed by atoms with Crippen LogP contribution in [0.1, 0.15) is 37.6 Å². The molecule has 3 N–H and O–H groups in total. The van der Waals surface area contributed by atoms with Gasteiger partial charge in [0.05, 0.1) is 38.3 Å². The average molecular weight is 555 g/mol. The first-order valence-corrected chi connectivity index (χ1v) is 14.0. The Hall–Kier alpha value is -3.81. The number of primary sulfonamides is 1. The van der Waals surface area contributed by atoms with Crippen molar-refractivity contribution in [3.63, 3.8) is 0 Å². The highest BCUT2D eigenvalue weighted by molar-refractivity contribution is 7.89. The van der Waals surface area contributed by atoms with Crippen LogP contribution in [0.3, 0.4) is 0 Å². The second-order valence-electron chi connectivity index (χ2n) is 9.69. The lowest BCUT2D eigenvalue weighted by atomic mass is 9.70. The number of fused-ring (bicyclic) bond motifs is 1. The molecule has 0 saturated heterocycles. The largest absolute Gasteiger partial charge is 0.494 e. The summed E-state index contributed by atoms with van der Waals surface area (Å²) in [6.07, 6.45) is 1.91. The minimum atomic E-state index is -4.08. The Morgan fingerprint density at radius 2 is 1.77 bits per heavy atom. The third-order valence-electron chi connectivity index (χ3n) is 6.74. The normalized spacial score (nSPS) is 19.9. The maximum atomic E-state index is 12.7. The van der Waals surface area contributed by atoms with Crippen LogP contribution in [0, 0.1) is 5.92 Å². The molecule has 0 spiro atoms. The topological polar surface area (TPSA) is 165 Å². The van der Waals surface area contributed by atoms with E-state index in [9.17, 15) is 13.5 Å². The lowest BCUT2D eigenvalue weighted by molar-refractivity contribution is -0.0584. The fourth-order valence-corrected chi connectivity index (χ4v) is 6.35. The average Bonchev–Trinajstić information content (AvgIpc) is 3.25. The van der Waals surface area contributed by atoms with Gasteiger partial charge in [-0.3, -0.25) is 4.57 Å². The first kappa shape index (κ1) is 26.8. The van der Waals surface area contributed by atoms with Crippen molar-refractivity contribution < 1.29 is 27.7 Å². The van der Waals surface area contributed by atoms with Crippen molar-refractivity contribution in [2.75, 3.05) is 20.8 Å². The van der Waals surface area contributed by atoms with Gasteiger partial charge in [-0.1, -0.05) is 12.1 Å². The molecule has 4 aromatic rings. The molecule has 1 atom stereocenters. The summed E-state index contributed by atoms with van der Waals surface area (Å²) in [6.45, 7) is 3.96. The Kier molecular flexibility index (Phi) is 6.91. The minimum absolute atomic E-state index is 0.156. The van der Waals surface area contributed by atoms with Crippen molar-refractivity contribution in [2.45, 2.75) is 37.5 Å². The van der Waals surface area contributed by atoms with Gasteiger partial charge in [0.15, 0.2) is 17.1 Å². The van der Waals surface area contributed by atoms with Gasteiger partial charge in [0, 0.05) is 6.07 Å². The summed E-state index contributed by atoms with van der Waals surface area (Å²) >= 11 is 0. The number of para-hydroxylation sites is 1. The maximum absolute atomic E-state index is 12.7. The van der Waals surface area contributed by atoms with Crippen LogP contribution in [-0.4, -0.2) is 64.5 Å². The molecule has 1 aliphatic carbocycles. The van der Waals surface area contributed by atoms with Gasteiger partial charge >= 0.3 is 0 Å². The zero-order valence-electron chi connectivity index (χ0n) is 22.0. The third kappa shape index (κ3) is 5.00. The molecule has 0 radical (unpaired) electrons. The SMILES string of the molecule is CCOc1cccc(-c2nc3ncc(C(C4CC(C)(O)C4)S(N)(=O)=O)nc3n2-c2c(OC)cccc2OC)n1. The Labute approximate surface area is 225 Å². The van der Waals surface area contributed by atoms with Crippen molar-refractivity contribution in [2.24, 2.45) is 11.1 Å². The number of aliphatic hydroxyl groups is 1. The number of methoxy groups -OCH3 is 2. The Morgan fingerprint density at radius 3 is 2.36 bits per heavy atom. The van der Waals surface area contributed by atoms with Crippen LogP contribution < -0.4 is 19.3 Å². The molecule has 13 heteroatoms. The summed E-state index contributed by atoms with van der Waals surface area (Å²) in [5, 5.41) is 14.8. The lowest BCUT2D eigenvalue weighted by Crippen LogP contribution is -2.46. The number of pyridine rings is 1. The van der Waals surface area contributed by atoms with Gasteiger partial charge in [-0.05, 0) is 50.8 Å². The number of ether oxygens (including phenoxy) is 3. The number of nitrogens with two attached hydrogens (primary N) is 1.